The van der Waals surface area contributed by atoms with Crippen LogP contribution in [-0.2, 0) is 16.0 Å². The molecule has 0 unspecified atom stereocenters. The minimum Gasteiger partial charge on any atom is -0.354 e. The van der Waals surface area contributed by atoms with Crippen molar-refractivity contribution in [3.05, 3.63) is 29.8 Å². The van der Waals surface area contributed by atoms with Crippen LogP contribution in [0.15, 0.2) is 18.2 Å². The lowest BCUT2D eigenvalue weighted by Crippen LogP contribution is -2.48. The summed E-state index contributed by atoms with van der Waals surface area (Å²) < 4.78 is 13.1. The van der Waals surface area contributed by atoms with Gasteiger partial charge in [-0.25, -0.2) is 14.2 Å². The predicted molar refractivity (Wildman–Crippen MR) is 87.1 cm³/mol. The van der Waals surface area contributed by atoms with Crippen molar-refractivity contribution in [3.63, 3.8) is 0 Å². The molecule has 0 bridgehead atoms. The zero-order valence-electron chi connectivity index (χ0n) is 13.4. The number of halogens is 1. The Morgan fingerprint density at radius 3 is 3.04 bits per heavy atom. The third kappa shape index (κ3) is 4.31. The molecular weight excluding hydrogens is 329 g/mol. The zero-order chi connectivity index (χ0) is 17.8. The molecule has 2 aromatic rings. The third-order valence-corrected chi connectivity index (χ3v) is 3.92. The Hall–Kier alpha value is -2.97. The fourth-order valence-corrected chi connectivity index (χ4v) is 2.67. The molecule has 1 aromatic heterocycles. The summed E-state index contributed by atoms with van der Waals surface area (Å²) in [4.78, 5) is 42.1. The summed E-state index contributed by atoms with van der Waals surface area (Å²) in [5, 5.41) is 7.31. The summed E-state index contributed by atoms with van der Waals surface area (Å²) >= 11 is 0. The molecule has 3 rings (SSSR count). The molecule has 1 aliphatic rings. The first kappa shape index (κ1) is 16.9. The molecule has 1 fully saturated rings. The molecule has 4 N–H and O–H groups in total. The van der Waals surface area contributed by atoms with E-state index in [0.29, 0.717) is 36.2 Å². The van der Waals surface area contributed by atoms with E-state index < -0.39 is 18.0 Å². The Morgan fingerprint density at radius 1 is 1.36 bits per heavy atom. The second kappa shape index (κ2) is 7.29. The molecule has 8 nitrogen and oxygen atoms in total. The number of imidazole rings is 1. The lowest BCUT2D eigenvalue weighted by molar-refractivity contribution is -0.123. The van der Waals surface area contributed by atoms with Gasteiger partial charge in [-0.1, -0.05) is 0 Å². The standard InChI is InChI=1S/C16H18FN5O3/c17-9-3-4-10-12(8-9)20-13(19-10)2-1-7-18-15(24)11-5-6-14(23)22-16(25)21-11/h3-4,8,11H,1-2,5-7H2,(H,18,24)(H,19,20)(H2,21,22,23,25)/t11-/m1/s1. The number of amides is 4. The number of urea groups is 1. The van der Waals surface area contributed by atoms with Gasteiger partial charge in [0.2, 0.25) is 11.8 Å². The highest BCUT2D eigenvalue weighted by molar-refractivity contribution is 5.98. The van der Waals surface area contributed by atoms with Crippen molar-refractivity contribution in [3.8, 4) is 0 Å². The van der Waals surface area contributed by atoms with Crippen LogP contribution in [0, 0.1) is 5.82 Å². The first-order valence-electron chi connectivity index (χ1n) is 8.03. The van der Waals surface area contributed by atoms with Crippen LogP contribution in [0.4, 0.5) is 9.18 Å². The molecule has 132 valence electrons. The van der Waals surface area contributed by atoms with Gasteiger partial charge in [0.25, 0.3) is 0 Å². The number of hydrogen-bond acceptors (Lipinski definition) is 4. The number of imide groups is 1. The normalized spacial score (nSPS) is 17.7. The Bertz CT molecular complexity index is 819. The van der Waals surface area contributed by atoms with E-state index in [1.165, 1.54) is 12.1 Å². The average molecular weight is 347 g/mol. The summed E-state index contributed by atoms with van der Waals surface area (Å²) in [5.74, 6) is -0.327. The number of aryl methyl sites for hydroxylation is 1. The number of fused-ring (bicyclic) bond motifs is 1. The van der Waals surface area contributed by atoms with Crippen molar-refractivity contribution in [1.29, 1.82) is 0 Å². The second-order valence-corrected chi connectivity index (χ2v) is 5.85. The SMILES string of the molecule is O=C1CC[C@H](C(=O)NCCCc2nc3ccc(F)cc3[nH]2)NC(=O)N1. The number of aromatic nitrogens is 2. The van der Waals surface area contributed by atoms with Crippen LogP contribution in [0.25, 0.3) is 11.0 Å². The molecule has 1 aliphatic heterocycles. The van der Waals surface area contributed by atoms with Crippen molar-refractivity contribution in [2.45, 2.75) is 31.7 Å². The second-order valence-electron chi connectivity index (χ2n) is 5.85. The van der Waals surface area contributed by atoms with E-state index in [4.69, 9.17) is 0 Å². The van der Waals surface area contributed by atoms with Gasteiger partial charge in [-0.05, 0) is 31.0 Å². The summed E-state index contributed by atoms with van der Waals surface area (Å²) in [7, 11) is 0. The molecule has 25 heavy (non-hydrogen) atoms. The lowest BCUT2D eigenvalue weighted by atomic mass is 10.1. The minimum atomic E-state index is -0.722. The van der Waals surface area contributed by atoms with Gasteiger partial charge < -0.3 is 15.6 Å². The highest BCUT2D eigenvalue weighted by atomic mass is 19.1. The van der Waals surface area contributed by atoms with Crippen LogP contribution < -0.4 is 16.0 Å². The van der Waals surface area contributed by atoms with Crippen LogP contribution in [0.3, 0.4) is 0 Å². The van der Waals surface area contributed by atoms with Gasteiger partial charge in [0.15, 0.2) is 0 Å². The summed E-state index contributed by atoms with van der Waals surface area (Å²) in [6, 6.07) is 2.97. The molecule has 9 heteroatoms. The number of rotatable bonds is 5. The van der Waals surface area contributed by atoms with E-state index in [2.05, 4.69) is 25.9 Å². The largest absolute Gasteiger partial charge is 0.354 e. The lowest BCUT2D eigenvalue weighted by Gasteiger charge is -2.14. The highest BCUT2D eigenvalue weighted by Gasteiger charge is 2.25. The molecule has 4 amide bonds. The van der Waals surface area contributed by atoms with Gasteiger partial charge in [-0.2, -0.15) is 0 Å². The van der Waals surface area contributed by atoms with Gasteiger partial charge >= 0.3 is 6.03 Å². The zero-order valence-corrected chi connectivity index (χ0v) is 13.4. The summed E-state index contributed by atoms with van der Waals surface area (Å²) in [6.45, 7) is 0.401. The van der Waals surface area contributed by atoms with E-state index in [1.54, 1.807) is 6.07 Å². The Morgan fingerprint density at radius 2 is 2.20 bits per heavy atom. The van der Waals surface area contributed by atoms with E-state index in [1.807, 2.05) is 0 Å². The topological polar surface area (TPSA) is 116 Å². The Balaban J connectivity index is 1.46. The number of carbonyl (C=O) groups excluding carboxylic acids is 3. The van der Waals surface area contributed by atoms with Crippen molar-refractivity contribution in [1.82, 2.24) is 25.9 Å². The first-order chi connectivity index (χ1) is 12.0. The van der Waals surface area contributed by atoms with Crippen molar-refractivity contribution >= 4 is 28.9 Å². The van der Waals surface area contributed by atoms with Crippen LogP contribution in [0.5, 0.6) is 0 Å². The molecule has 0 spiro atoms. The van der Waals surface area contributed by atoms with E-state index in [9.17, 15) is 18.8 Å². The maximum atomic E-state index is 13.1. The van der Waals surface area contributed by atoms with Crippen molar-refractivity contribution < 1.29 is 18.8 Å². The van der Waals surface area contributed by atoms with Gasteiger partial charge in [-0.15, -0.1) is 0 Å². The molecule has 0 aliphatic carbocycles. The Labute approximate surface area is 142 Å². The van der Waals surface area contributed by atoms with Gasteiger partial charge in [0.05, 0.1) is 11.0 Å². The molecule has 1 atom stereocenters. The van der Waals surface area contributed by atoms with E-state index >= 15 is 0 Å². The van der Waals surface area contributed by atoms with Crippen LogP contribution in [0.2, 0.25) is 0 Å². The van der Waals surface area contributed by atoms with Crippen molar-refractivity contribution in [2.75, 3.05) is 6.54 Å². The van der Waals surface area contributed by atoms with E-state index in [-0.39, 0.29) is 24.6 Å². The number of nitrogens with zero attached hydrogens (tertiary/aromatic N) is 1. The number of aromatic amines is 1. The van der Waals surface area contributed by atoms with Crippen LogP contribution >= 0.6 is 0 Å². The number of nitrogens with one attached hydrogen (secondary N) is 4. The van der Waals surface area contributed by atoms with Gasteiger partial charge in [0.1, 0.15) is 17.7 Å². The first-order valence-corrected chi connectivity index (χ1v) is 8.03. The summed E-state index contributed by atoms with van der Waals surface area (Å²) in [5.41, 5.74) is 1.33. The predicted octanol–water partition coefficient (Wildman–Crippen LogP) is 0.739. The average Bonchev–Trinajstić information content (AvgIpc) is 2.88. The number of H-pyrrole nitrogens is 1. The third-order valence-electron chi connectivity index (χ3n) is 3.92. The fourth-order valence-electron chi connectivity index (χ4n) is 2.67. The van der Waals surface area contributed by atoms with Gasteiger partial charge in [-0.3, -0.25) is 14.9 Å². The monoisotopic (exact) mass is 347 g/mol. The molecular formula is C16H18FN5O3. The smallest absolute Gasteiger partial charge is 0.322 e. The number of carbonyl (C=O) groups is 3. The fraction of sp³-hybridized carbons (Fsp3) is 0.375. The summed E-state index contributed by atoms with van der Waals surface area (Å²) in [6.07, 6.45) is 1.60. The highest BCUT2D eigenvalue weighted by Crippen LogP contribution is 2.13. The van der Waals surface area contributed by atoms with E-state index in [0.717, 1.165) is 0 Å². The van der Waals surface area contributed by atoms with Gasteiger partial charge in [0, 0.05) is 19.4 Å². The maximum absolute atomic E-state index is 13.1. The molecule has 1 aromatic carbocycles. The minimum absolute atomic E-state index is 0.117. The Kier molecular flexibility index (Phi) is 4.92. The molecule has 0 saturated carbocycles. The molecule has 1 saturated heterocycles. The van der Waals surface area contributed by atoms with Crippen molar-refractivity contribution in [2.24, 2.45) is 0 Å². The van der Waals surface area contributed by atoms with Crippen LogP contribution in [0.1, 0.15) is 25.1 Å². The maximum Gasteiger partial charge on any atom is 0.322 e. The number of benzene rings is 1. The number of hydrogen-bond donors (Lipinski definition) is 4. The molecule has 0 radical (unpaired) electrons. The van der Waals surface area contributed by atoms with Crippen LogP contribution in [-0.4, -0.2) is 40.4 Å². The molecule has 2 heterocycles. The quantitative estimate of drug-likeness (QED) is 0.597.